The first-order chi connectivity index (χ1) is 16.6. The molecule has 2 aliphatic rings. The molecule has 9 heteroatoms. The monoisotopic (exact) mass is 493 g/mol. The van der Waals surface area contributed by atoms with Crippen LogP contribution in [-0.2, 0) is 16.3 Å². The molecule has 1 aliphatic heterocycles. The highest BCUT2D eigenvalue weighted by atomic mass is 32.2. The van der Waals surface area contributed by atoms with Gasteiger partial charge < -0.3 is 9.72 Å². The molecule has 8 nitrogen and oxygen atoms in total. The van der Waals surface area contributed by atoms with E-state index >= 15 is 0 Å². The molecule has 0 radical (unpaired) electrons. The van der Waals surface area contributed by atoms with Gasteiger partial charge >= 0.3 is 0 Å². The zero-order chi connectivity index (χ0) is 24.7. The molecule has 1 fully saturated rings. The highest BCUT2D eigenvalue weighted by Crippen LogP contribution is 2.45. The molecule has 0 unspecified atom stereocenters. The summed E-state index contributed by atoms with van der Waals surface area (Å²) >= 11 is 0. The van der Waals surface area contributed by atoms with Gasteiger partial charge in [-0.25, -0.2) is 13.4 Å². The van der Waals surface area contributed by atoms with E-state index in [0.29, 0.717) is 10.5 Å². The van der Waals surface area contributed by atoms with Crippen LogP contribution < -0.4 is 4.74 Å². The van der Waals surface area contributed by atoms with Crippen LogP contribution in [0.3, 0.4) is 0 Å². The summed E-state index contributed by atoms with van der Waals surface area (Å²) in [4.78, 5) is 8.04. The Morgan fingerprint density at radius 3 is 2.74 bits per heavy atom. The van der Waals surface area contributed by atoms with Crippen molar-refractivity contribution in [3.05, 3.63) is 46.5 Å². The lowest BCUT2D eigenvalue weighted by molar-refractivity contribution is 0.137. The minimum Gasteiger partial charge on any atom is -0.487 e. The van der Waals surface area contributed by atoms with Crippen LogP contribution in [-0.4, -0.2) is 44.3 Å². The maximum Gasteiger partial charge on any atom is 0.179 e. The molecule has 1 aromatic carbocycles. The van der Waals surface area contributed by atoms with Crippen LogP contribution in [0.2, 0.25) is 0 Å². The first-order valence-corrected chi connectivity index (χ1v) is 13.9. The summed E-state index contributed by atoms with van der Waals surface area (Å²) in [6.45, 7) is 9.95. The quantitative estimate of drug-likeness (QED) is 0.446. The predicted molar refractivity (Wildman–Crippen MR) is 134 cm³/mol. The Morgan fingerprint density at radius 2 is 1.94 bits per heavy atom. The van der Waals surface area contributed by atoms with Gasteiger partial charge in [0.1, 0.15) is 17.2 Å². The molecule has 3 aromatic heterocycles. The number of aromatic amines is 1. The number of nitrogens with one attached hydrogen (secondary N) is 1. The molecule has 1 saturated carbocycles. The number of hydrogen-bond donors (Lipinski definition) is 1. The molecule has 6 rings (SSSR count). The molecule has 0 saturated heterocycles. The minimum absolute atomic E-state index is 0.0842. The summed E-state index contributed by atoms with van der Waals surface area (Å²) in [5.74, 6) is 2.18. The molecule has 2 atom stereocenters. The summed E-state index contributed by atoms with van der Waals surface area (Å²) < 4.78 is 35.8. The van der Waals surface area contributed by atoms with Crippen molar-refractivity contribution >= 4 is 26.6 Å². The highest BCUT2D eigenvalue weighted by molar-refractivity contribution is 7.91. The van der Waals surface area contributed by atoms with E-state index < -0.39 is 9.84 Å². The molecule has 0 bridgehead atoms. The number of fused-ring (bicyclic) bond motifs is 4. The van der Waals surface area contributed by atoms with E-state index in [1.807, 2.05) is 33.0 Å². The minimum atomic E-state index is -3.46. The summed E-state index contributed by atoms with van der Waals surface area (Å²) in [6, 6.07) is 1.98. The fourth-order valence-electron chi connectivity index (χ4n) is 6.23. The maximum absolute atomic E-state index is 13.8. The lowest BCUT2D eigenvalue weighted by Gasteiger charge is -2.20. The SMILES string of the molecule is Cc1c(C)c(S(=O)(=O)C[C@H]2CC[C@@H](c3nnc4cnc5[nH]ccc5n34)C2)c(C)c2c1OC(C)(C)C2. The Labute approximate surface area is 205 Å². The number of rotatable bonds is 4. The smallest absolute Gasteiger partial charge is 0.179 e. The third-order valence-electron chi connectivity index (χ3n) is 7.93. The number of nitrogens with zero attached hydrogens (tertiary/aromatic N) is 4. The van der Waals surface area contributed by atoms with Gasteiger partial charge in [-0.3, -0.25) is 4.40 Å². The van der Waals surface area contributed by atoms with Gasteiger partial charge in [0.25, 0.3) is 0 Å². The Bertz CT molecular complexity index is 1600. The van der Waals surface area contributed by atoms with Crippen LogP contribution in [0.1, 0.15) is 67.1 Å². The van der Waals surface area contributed by atoms with Gasteiger partial charge in [0, 0.05) is 24.1 Å². The molecular formula is C26H31N5O3S. The van der Waals surface area contributed by atoms with Gasteiger partial charge in [-0.05, 0) is 82.6 Å². The van der Waals surface area contributed by atoms with Gasteiger partial charge in [-0.15, -0.1) is 10.2 Å². The van der Waals surface area contributed by atoms with Crippen molar-refractivity contribution in [1.29, 1.82) is 0 Å². The normalized spacial score (nSPS) is 21.6. The standard InChI is InChI=1S/C26H31N5O3S/c1-14-15(2)23(16(3)19-11-26(4,5)34-22(14)19)35(32,33)13-17-6-7-18(10-17)25-30-29-21-12-28-24-20(31(21)25)8-9-27-24/h8-9,12,17-18,27H,6-7,10-11,13H2,1-5H3/t17-,18+/m0/s1. The van der Waals surface area contributed by atoms with Crippen LogP contribution in [0.25, 0.3) is 16.8 Å². The van der Waals surface area contributed by atoms with Crippen molar-refractivity contribution < 1.29 is 13.2 Å². The van der Waals surface area contributed by atoms with Gasteiger partial charge in [0.15, 0.2) is 21.1 Å². The maximum atomic E-state index is 13.8. The van der Waals surface area contributed by atoms with Crippen molar-refractivity contribution in [2.24, 2.45) is 5.92 Å². The number of hydrogen-bond acceptors (Lipinski definition) is 6. The third kappa shape index (κ3) is 3.46. The highest BCUT2D eigenvalue weighted by Gasteiger charge is 2.38. The van der Waals surface area contributed by atoms with E-state index in [-0.39, 0.29) is 23.2 Å². The fraction of sp³-hybridized carbons (Fsp3) is 0.500. The van der Waals surface area contributed by atoms with Crippen molar-refractivity contribution in [3.63, 3.8) is 0 Å². The molecule has 184 valence electrons. The molecule has 1 aliphatic carbocycles. The summed E-state index contributed by atoms with van der Waals surface area (Å²) in [7, 11) is -3.46. The average molecular weight is 494 g/mol. The van der Waals surface area contributed by atoms with E-state index in [1.54, 1.807) is 6.20 Å². The Balaban J connectivity index is 1.30. The van der Waals surface area contributed by atoms with Crippen LogP contribution >= 0.6 is 0 Å². The van der Waals surface area contributed by atoms with Crippen molar-refractivity contribution in [1.82, 2.24) is 24.6 Å². The number of aromatic nitrogens is 5. The molecule has 4 heterocycles. The van der Waals surface area contributed by atoms with E-state index in [0.717, 1.165) is 70.7 Å². The molecule has 1 N–H and O–H groups in total. The number of H-pyrrole nitrogens is 1. The van der Waals surface area contributed by atoms with E-state index in [9.17, 15) is 8.42 Å². The summed E-state index contributed by atoms with van der Waals surface area (Å²) in [5, 5.41) is 8.81. The van der Waals surface area contributed by atoms with Crippen molar-refractivity contribution in [3.8, 4) is 5.75 Å². The number of ether oxygens (including phenoxy) is 1. The van der Waals surface area contributed by atoms with Gasteiger partial charge in [-0.1, -0.05) is 0 Å². The van der Waals surface area contributed by atoms with E-state index in [1.165, 1.54) is 0 Å². The largest absolute Gasteiger partial charge is 0.487 e. The first kappa shape index (κ1) is 22.5. The zero-order valence-corrected chi connectivity index (χ0v) is 21.7. The Kier molecular flexibility index (Phi) is 4.84. The second kappa shape index (κ2) is 7.53. The zero-order valence-electron chi connectivity index (χ0n) is 20.8. The Morgan fingerprint density at radius 1 is 1.14 bits per heavy atom. The molecule has 4 aromatic rings. The summed E-state index contributed by atoms with van der Waals surface area (Å²) in [6.07, 6.45) is 6.86. The Hall–Kier alpha value is -2.94. The van der Waals surface area contributed by atoms with Crippen molar-refractivity contribution in [2.45, 2.75) is 76.7 Å². The van der Waals surface area contributed by atoms with Gasteiger partial charge in [0.05, 0.1) is 22.4 Å². The van der Waals surface area contributed by atoms with Crippen LogP contribution in [0.4, 0.5) is 0 Å². The van der Waals surface area contributed by atoms with E-state index in [2.05, 4.69) is 38.4 Å². The lowest BCUT2D eigenvalue weighted by atomic mass is 9.94. The number of sulfone groups is 1. The molecule has 0 amide bonds. The average Bonchev–Trinajstić information content (AvgIpc) is 3.55. The topological polar surface area (TPSA) is 102 Å². The van der Waals surface area contributed by atoms with E-state index in [4.69, 9.17) is 4.74 Å². The fourth-order valence-corrected chi connectivity index (χ4v) is 8.53. The van der Waals surface area contributed by atoms with Gasteiger partial charge in [0.2, 0.25) is 0 Å². The van der Waals surface area contributed by atoms with Crippen LogP contribution in [0.15, 0.2) is 23.4 Å². The summed E-state index contributed by atoms with van der Waals surface area (Å²) in [5.41, 5.74) is 5.80. The second-order valence-corrected chi connectivity index (χ2v) is 12.9. The second-order valence-electron chi connectivity index (χ2n) is 10.9. The molecule has 0 spiro atoms. The molecule has 35 heavy (non-hydrogen) atoms. The third-order valence-corrected chi connectivity index (χ3v) is 10.1. The first-order valence-electron chi connectivity index (χ1n) is 12.3. The van der Waals surface area contributed by atoms with Crippen LogP contribution in [0.5, 0.6) is 5.75 Å². The van der Waals surface area contributed by atoms with Gasteiger partial charge in [-0.2, -0.15) is 0 Å². The molecular weight excluding hydrogens is 462 g/mol. The van der Waals surface area contributed by atoms with Crippen LogP contribution in [0, 0.1) is 26.7 Å². The predicted octanol–water partition coefficient (Wildman–Crippen LogP) is 4.60. The number of benzene rings is 1. The lowest BCUT2D eigenvalue weighted by Crippen LogP contribution is -2.24. The van der Waals surface area contributed by atoms with Crippen molar-refractivity contribution in [2.75, 3.05) is 5.75 Å².